The summed E-state index contributed by atoms with van der Waals surface area (Å²) in [4.78, 5) is 0. The second-order valence-electron chi connectivity index (χ2n) is 5.03. The van der Waals surface area contributed by atoms with Crippen LogP contribution in [0, 0.1) is 19.7 Å². The van der Waals surface area contributed by atoms with Gasteiger partial charge in [0, 0.05) is 6.92 Å². The molecule has 1 unspecified atom stereocenters. The first-order valence-electron chi connectivity index (χ1n) is 6.92. The van der Waals surface area contributed by atoms with Crippen molar-refractivity contribution in [1.29, 1.82) is 0 Å². The smallest absolute Gasteiger partial charge is 0.238 e. The minimum absolute atomic E-state index is 0.168. The predicted molar refractivity (Wildman–Crippen MR) is 79.3 cm³/mol. The molecular weight excluding hydrogens is 285 g/mol. The number of hydrogen-bond acceptors (Lipinski definition) is 5. The first-order chi connectivity index (χ1) is 10.6. The molecule has 1 atom stereocenters. The van der Waals surface area contributed by atoms with Gasteiger partial charge < -0.3 is 9.73 Å². The third kappa shape index (κ3) is 2.57. The van der Waals surface area contributed by atoms with Gasteiger partial charge in [-0.15, -0.1) is 10.2 Å². The predicted octanol–water partition coefficient (Wildman–Crippen LogP) is 3.18. The molecule has 22 heavy (non-hydrogen) atoms. The van der Waals surface area contributed by atoms with E-state index in [9.17, 15) is 4.39 Å². The number of aryl methyl sites for hydroxylation is 1. The Labute approximate surface area is 127 Å². The quantitative estimate of drug-likeness (QED) is 0.801. The molecule has 0 saturated heterocycles. The molecule has 0 radical (unpaired) electrons. The van der Waals surface area contributed by atoms with Crippen molar-refractivity contribution in [3.8, 4) is 5.69 Å². The summed E-state index contributed by atoms with van der Waals surface area (Å²) in [5, 5.41) is 15.3. The van der Waals surface area contributed by atoms with Crippen LogP contribution in [0.15, 0.2) is 34.9 Å². The van der Waals surface area contributed by atoms with E-state index in [0.717, 1.165) is 11.4 Å². The fraction of sp³-hybridized carbons (Fsp3) is 0.267. The summed E-state index contributed by atoms with van der Waals surface area (Å²) in [6, 6.07) is 6.35. The molecule has 1 aromatic carbocycles. The summed E-state index contributed by atoms with van der Waals surface area (Å²) in [5.74, 6) is 0.693. The van der Waals surface area contributed by atoms with Crippen LogP contribution in [0.2, 0.25) is 0 Å². The van der Waals surface area contributed by atoms with Crippen molar-refractivity contribution in [3.05, 3.63) is 53.8 Å². The Morgan fingerprint density at radius 3 is 2.68 bits per heavy atom. The van der Waals surface area contributed by atoms with E-state index in [1.807, 2.05) is 13.8 Å². The van der Waals surface area contributed by atoms with Crippen molar-refractivity contribution in [2.45, 2.75) is 26.8 Å². The Morgan fingerprint density at radius 2 is 2.00 bits per heavy atom. The molecule has 0 fully saturated rings. The van der Waals surface area contributed by atoms with Gasteiger partial charge in [0.05, 0.1) is 17.6 Å². The van der Waals surface area contributed by atoms with Crippen LogP contribution in [0.5, 0.6) is 0 Å². The summed E-state index contributed by atoms with van der Waals surface area (Å²) >= 11 is 0. The van der Waals surface area contributed by atoms with E-state index in [2.05, 4.69) is 20.6 Å². The Kier molecular flexibility index (Phi) is 3.62. The van der Waals surface area contributed by atoms with Crippen molar-refractivity contribution >= 4 is 5.69 Å². The molecule has 0 saturated carbocycles. The Bertz CT molecular complexity index is 795. The second-order valence-corrected chi connectivity index (χ2v) is 5.03. The van der Waals surface area contributed by atoms with E-state index in [4.69, 9.17) is 4.42 Å². The van der Waals surface area contributed by atoms with Gasteiger partial charge in [0.15, 0.2) is 0 Å². The summed E-state index contributed by atoms with van der Waals surface area (Å²) in [6.07, 6.45) is 1.65. The average Bonchev–Trinajstić information content (AvgIpc) is 3.07. The monoisotopic (exact) mass is 301 g/mol. The lowest BCUT2D eigenvalue weighted by molar-refractivity contribution is 0.451. The van der Waals surface area contributed by atoms with Crippen LogP contribution >= 0.6 is 0 Å². The highest BCUT2D eigenvalue weighted by Gasteiger charge is 2.16. The zero-order valence-corrected chi connectivity index (χ0v) is 12.5. The number of aromatic nitrogens is 4. The maximum absolute atomic E-state index is 13.9. The highest BCUT2D eigenvalue weighted by atomic mass is 19.1. The lowest BCUT2D eigenvalue weighted by Crippen LogP contribution is -2.08. The van der Waals surface area contributed by atoms with Crippen molar-refractivity contribution in [3.63, 3.8) is 0 Å². The second kappa shape index (κ2) is 5.59. The number of anilines is 1. The zero-order valence-electron chi connectivity index (χ0n) is 12.5. The highest BCUT2D eigenvalue weighted by molar-refractivity contribution is 5.50. The number of nitrogens with zero attached hydrogens (tertiary/aromatic N) is 4. The van der Waals surface area contributed by atoms with Crippen molar-refractivity contribution in [1.82, 2.24) is 20.0 Å². The molecule has 0 spiro atoms. The maximum Gasteiger partial charge on any atom is 0.238 e. The number of rotatable bonds is 4. The van der Waals surface area contributed by atoms with Gasteiger partial charge in [0.25, 0.3) is 0 Å². The molecule has 7 heteroatoms. The number of hydrogen-bond donors (Lipinski definition) is 1. The van der Waals surface area contributed by atoms with E-state index in [1.54, 1.807) is 36.0 Å². The van der Waals surface area contributed by atoms with Gasteiger partial charge in [-0.25, -0.2) is 9.07 Å². The molecule has 0 bridgehead atoms. The molecule has 3 aromatic rings. The molecule has 0 aliphatic carbocycles. The van der Waals surface area contributed by atoms with Gasteiger partial charge in [-0.3, -0.25) is 0 Å². The Balaban J connectivity index is 1.86. The minimum atomic E-state index is -0.319. The molecule has 0 amide bonds. The van der Waals surface area contributed by atoms with E-state index >= 15 is 0 Å². The molecule has 3 rings (SSSR count). The van der Waals surface area contributed by atoms with Crippen LogP contribution in [0.4, 0.5) is 10.1 Å². The van der Waals surface area contributed by atoms with Crippen molar-refractivity contribution in [2.24, 2.45) is 0 Å². The molecule has 2 heterocycles. The summed E-state index contributed by atoms with van der Waals surface area (Å²) < 4.78 is 20.8. The van der Waals surface area contributed by atoms with Crippen LogP contribution in [0.1, 0.15) is 30.4 Å². The standard InChI is InChI=1S/C15H16FN5O/c1-9(15-20-19-11(3)22-15)18-13-8-17-21(10(13)2)14-7-5-4-6-12(14)16/h4-9,18H,1-3H3. The van der Waals surface area contributed by atoms with E-state index < -0.39 is 0 Å². The first-order valence-corrected chi connectivity index (χ1v) is 6.92. The first kappa shape index (κ1) is 14.2. The number of benzene rings is 1. The number of para-hydroxylation sites is 1. The molecule has 1 N–H and O–H groups in total. The third-order valence-corrected chi connectivity index (χ3v) is 3.37. The zero-order chi connectivity index (χ0) is 15.7. The molecular formula is C15H16FN5O. The minimum Gasteiger partial charge on any atom is -0.423 e. The van der Waals surface area contributed by atoms with Gasteiger partial charge in [0.2, 0.25) is 11.8 Å². The van der Waals surface area contributed by atoms with Crippen LogP contribution in [-0.4, -0.2) is 20.0 Å². The van der Waals surface area contributed by atoms with E-state index in [-0.39, 0.29) is 11.9 Å². The SMILES string of the molecule is Cc1nnc(C(C)Nc2cnn(-c3ccccc3F)c2C)o1. The number of nitrogens with one attached hydrogen (secondary N) is 1. The largest absolute Gasteiger partial charge is 0.423 e. The summed E-state index contributed by atoms with van der Waals surface area (Å²) in [7, 11) is 0. The fourth-order valence-electron chi connectivity index (χ4n) is 2.20. The maximum atomic E-state index is 13.9. The van der Waals surface area contributed by atoms with Crippen LogP contribution < -0.4 is 5.32 Å². The van der Waals surface area contributed by atoms with Gasteiger partial charge in [-0.1, -0.05) is 12.1 Å². The van der Waals surface area contributed by atoms with Gasteiger partial charge in [-0.2, -0.15) is 5.10 Å². The van der Waals surface area contributed by atoms with Crippen molar-refractivity contribution < 1.29 is 8.81 Å². The van der Waals surface area contributed by atoms with Gasteiger partial charge in [0.1, 0.15) is 17.5 Å². The highest BCUT2D eigenvalue weighted by Crippen LogP contribution is 2.24. The molecule has 2 aromatic heterocycles. The van der Waals surface area contributed by atoms with Crippen LogP contribution in [0.3, 0.4) is 0 Å². The van der Waals surface area contributed by atoms with Crippen LogP contribution in [-0.2, 0) is 0 Å². The average molecular weight is 301 g/mol. The lowest BCUT2D eigenvalue weighted by atomic mass is 10.2. The van der Waals surface area contributed by atoms with E-state index in [1.165, 1.54) is 6.07 Å². The van der Waals surface area contributed by atoms with Crippen molar-refractivity contribution in [2.75, 3.05) is 5.32 Å². The molecule has 0 aliphatic rings. The third-order valence-electron chi connectivity index (χ3n) is 3.37. The Hall–Kier alpha value is -2.70. The lowest BCUT2D eigenvalue weighted by Gasteiger charge is -2.11. The van der Waals surface area contributed by atoms with Gasteiger partial charge >= 0.3 is 0 Å². The topological polar surface area (TPSA) is 68.8 Å². The molecule has 0 aliphatic heterocycles. The van der Waals surface area contributed by atoms with E-state index in [0.29, 0.717) is 17.5 Å². The normalized spacial score (nSPS) is 12.4. The summed E-state index contributed by atoms with van der Waals surface area (Å²) in [5.41, 5.74) is 1.99. The molecule has 114 valence electrons. The van der Waals surface area contributed by atoms with Gasteiger partial charge in [-0.05, 0) is 26.0 Å². The van der Waals surface area contributed by atoms with Crippen LogP contribution in [0.25, 0.3) is 5.69 Å². The number of halogens is 1. The molecule has 6 nitrogen and oxygen atoms in total. The Morgan fingerprint density at radius 1 is 1.23 bits per heavy atom. The summed E-state index contributed by atoms with van der Waals surface area (Å²) in [6.45, 7) is 5.52. The fourth-order valence-corrected chi connectivity index (χ4v) is 2.20.